The van der Waals surface area contributed by atoms with Gasteiger partial charge in [-0.15, -0.1) is 10.2 Å². The molecule has 7 heteroatoms. The summed E-state index contributed by atoms with van der Waals surface area (Å²) in [7, 11) is 0. The number of nitrogens with zero attached hydrogens (tertiary/aromatic N) is 4. The molecule has 0 saturated carbocycles. The zero-order valence-corrected chi connectivity index (χ0v) is 10.2. The van der Waals surface area contributed by atoms with Gasteiger partial charge in [0.25, 0.3) is 0 Å². The lowest BCUT2D eigenvalue weighted by Crippen LogP contribution is -1.93. The van der Waals surface area contributed by atoms with Gasteiger partial charge in [-0.3, -0.25) is 0 Å². The zero-order chi connectivity index (χ0) is 11.7. The van der Waals surface area contributed by atoms with Crippen LogP contribution in [0.1, 0.15) is 5.56 Å². The first-order valence-electron chi connectivity index (χ1n) is 4.81. The van der Waals surface area contributed by atoms with Crippen molar-refractivity contribution >= 4 is 22.1 Å². The molecule has 1 aromatic carbocycles. The molecule has 0 spiro atoms. The smallest absolute Gasteiger partial charge is 0.231 e. The van der Waals surface area contributed by atoms with Crippen LogP contribution in [-0.4, -0.2) is 27.9 Å². The molecule has 0 radical (unpaired) electrons. The van der Waals surface area contributed by atoms with Crippen molar-refractivity contribution in [3.63, 3.8) is 0 Å². The molecule has 0 fully saturated rings. The van der Waals surface area contributed by atoms with Gasteiger partial charge in [-0.25, -0.2) is 4.68 Å². The molecule has 3 rings (SSSR count). The molecule has 2 heterocycles. The van der Waals surface area contributed by atoms with Crippen molar-refractivity contribution in [2.24, 2.45) is 5.10 Å². The number of benzene rings is 1. The predicted molar refractivity (Wildman–Crippen MR) is 63.3 cm³/mol. The van der Waals surface area contributed by atoms with Crippen LogP contribution < -0.4 is 9.47 Å². The first kappa shape index (κ1) is 10.3. The molecule has 0 atom stereocenters. The van der Waals surface area contributed by atoms with Crippen LogP contribution in [0.15, 0.2) is 34.4 Å². The van der Waals surface area contributed by atoms with Crippen molar-refractivity contribution in [2.75, 3.05) is 6.79 Å². The second kappa shape index (κ2) is 4.17. The maximum absolute atomic E-state index is 5.29. The van der Waals surface area contributed by atoms with Crippen LogP contribution >= 0.6 is 15.9 Å². The Labute approximate surface area is 105 Å². The van der Waals surface area contributed by atoms with Crippen molar-refractivity contribution in [1.29, 1.82) is 0 Å². The summed E-state index contributed by atoms with van der Waals surface area (Å²) in [5.41, 5.74) is 0.892. The molecular weight excluding hydrogens is 288 g/mol. The lowest BCUT2D eigenvalue weighted by molar-refractivity contribution is 0.174. The molecule has 1 aliphatic rings. The molecule has 86 valence electrons. The molecule has 0 unspecified atom stereocenters. The largest absolute Gasteiger partial charge is 0.454 e. The predicted octanol–water partition coefficient (Wildman–Crippen LogP) is 1.65. The average Bonchev–Trinajstić information content (AvgIpc) is 2.95. The van der Waals surface area contributed by atoms with Gasteiger partial charge < -0.3 is 9.47 Å². The Morgan fingerprint density at radius 2 is 1.94 bits per heavy atom. The van der Waals surface area contributed by atoms with E-state index in [-0.39, 0.29) is 6.79 Å². The topological polar surface area (TPSA) is 61.5 Å². The molecule has 0 saturated heterocycles. The number of ether oxygens (including phenoxy) is 2. The van der Waals surface area contributed by atoms with Gasteiger partial charge in [0.05, 0.1) is 6.21 Å². The molecule has 2 aromatic rings. The first-order chi connectivity index (χ1) is 8.33. The number of aromatic nitrogens is 3. The van der Waals surface area contributed by atoms with Gasteiger partial charge in [-0.05, 0) is 28.1 Å². The summed E-state index contributed by atoms with van der Waals surface area (Å²) in [6.07, 6.45) is 4.71. The van der Waals surface area contributed by atoms with Crippen molar-refractivity contribution < 1.29 is 9.47 Å². The highest BCUT2D eigenvalue weighted by Crippen LogP contribution is 2.36. The standard InChI is InChI=1S/C10H7BrN4O2/c11-8-2-10-9(16-6-17-10)1-7(8)3-14-15-4-12-13-5-15/h1-5H,6H2. The van der Waals surface area contributed by atoms with Crippen LogP contribution in [0.4, 0.5) is 0 Å². The summed E-state index contributed by atoms with van der Waals surface area (Å²) in [5.74, 6) is 1.46. The third-order valence-corrected chi connectivity index (χ3v) is 2.92. The monoisotopic (exact) mass is 294 g/mol. The second-order valence-electron chi connectivity index (χ2n) is 3.31. The van der Waals surface area contributed by atoms with E-state index in [0.29, 0.717) is 0 Å². The average molecular weight is 295 g/mol. The Morgan fingerprint density at radius 1 is 1.24 bits per heavy atom. The van der Waals surface area contributed by atoms with E-state index >= 15 is 0 Å². The van der Waals surface area contributed by atoms with Crippen LogP contribution in [-0.2, 0) is 0 Å². The third-order valence-electron chi connectivity index (χ3n) is 2.23. The Kier molecular flexibility index (Phi) is 2.52. The first-order valence-corrected chi connectivity index (χ1v) is 5.60. The van der Waals surface area contributed by atoms with Crippen molar-refractivity contribution in [2.45, 2.75) is 0 Å². The highest BCUT2D eigenvalue weighted by Gasteiger charge is 2.15. The molecule has 0 bridgehead atoms. The lowest BCUT2D eigenvalue weighted by Gasteiger charge is -2.01. The van der Waals surface area contributed by atoms with Gasteiger partial charge in [0.2, 0.25) is 6.79 Å². The van der Waals surface area contributed by atoms with Crippen LogP contribution in [0.5, 0.6) is 11.5 Å². The summed E-state index contributed by atoms with van der Waals surface area (Å²) in [6, 6.07) is 3.72. The van der Waals surface area contributed by atoms with Crippen molar-refractivity contribution in [3.8, 4) is 11.5 Å². The highest BCUT2D eigenvalue weighted by atomic mass is 79.9. The number of hydrogen-bond acceptors (Lipinski definition) is 5. The minimum absolute atomic E-state index is 0.258. The lowest BCUT2D eigenvalue weighted by atomic mass is 10.2. The van der Waals surface area contributed by atoms with Crippen LogP contribution in [0.2, 0.25) is 0 Å². The van der Waals surface area contributed by atoms with E-state index in [4.69, 9.17) is 9.47 Å². The van der Waals surface area contributed by atoms with E-state index in [9.17, 15) is 0 Å². The Hall–Kier alpha value is -1.89. The molecular formula is C10H7BrN4O2. The maximum atomic E-state index is 5.29. The fraction of sp³-hybridized carbons (Fsp3) is 0.100. The molecule has 0 aliphatic carbocycles. The molecule has 6 nitrogen and oxygen atoms in total. The van der Waals surface area contributed by atoms with Gasteiger partial charge in [0.15, 0.2) is 11.5 Å². The maximum Gasteiger partial charge on any atom is 0.231 e. The molecule has 1 aliphatic heterocycles. The fourth-order valence-corrected chi connectivity index (χ4v) is 1.84. The summed E-state index contributed by atoms with van der Waals surface area (Å²) < 4.78 is 13.0. The fourth-order valence-electron chi connectivity index (χ4n) is 1.42. The number of rotatable bonds is 2. The quantitative estimate of drug-likeness (QED) is 0.790. The van der Waals surface area contributed by atoms with Gasteiger partial charge >= 0.3 is 0 Å². The number of fused-ring (bicyclic) bond motifs is 1. The Balaban J connectivity index is 1.93. The minimum Gasteiger partial charge on any atom is -0.454 e. The van der Waals surface area contributed by atoms with E-state index in [1.807, 2.05) is 12.1 Å². The summed E-state index contributed by atoms with van der Waals surface area (Å²) in [5, 5.41) is 11.5. The number of hydrogen-bond donors (Lipinski definition) is 0. The van der Waals surface area contributed by atoms with E-state index in [0.717, 1.165) is 21.5 Å². The minimum atomic E-state index is 0.258. The highest BCUT2D eigenvalue weighted by molar-refractivity contribution is 9.10. The van der Waals surface area contributed by atoms with Gasteiger partial charge in [-0.2, -0.15) is 5.10 Å². The molecule has 0 N–H and O–H groups in total. The Bertz CT molecular complexity index is 568. The van der Waals surface area contributed by atoms with Gasteiger partial charge in [0.1, 0.15) is 12.7 Å². The SMILES string of the molecule is Brc1cc2c(cc1C=Nn1cnnc1)OCO2. The summed E-state index contributed by atoms with van der Waals surface area (Å²) in [4.78, 5) is 0. The van der Waals surface area contributed by atoms with Gasteiger partial charge in [0, 0.05) is 10.0 Å². The van der Waals surface area contributed by atoms with Crippen molar-refractivity contribution in [3.05, 3.63) is 34.8 Å². The summed E-state index contributed by atoms with van der Waals surface area (Å²) in [6.45, 7) is 0.258. The van der Waals surface area contributed by atoms with Crippen molar-refractivity contribution in [1.82, 2.24) is 14.9 Å². The van der Waals surface area contributed by atoms with Gasteiger partial charge in [-0.1, -0.05) is 0 Å². The number of halogens is 1. The molecule has 0 amide bonds. The van der Waals surface area contributed by atoms with E-state index < -0.39 is 0 Å². The van der Waals surface area contributed by atoms with Crippen LogP contribution in [0.25, 0.3) is 0 Å². The van der Waals surface area contributed by atoms with E-state index in [1.165, 1.54) is 17.3 Å². The third kappa shape index (κ3) is 2.01. The van der Waals surface area contributed by atoms with E-state index in [1.54, 1.807) is 6.21 Å². The van der Waals surface area contributed by atoms with E-state index in [2.05, 4.69) is 31.2 Å². The molecule has 1 aromatic heterocycles. The molecule has 17 heavy (non-hydrogen) atoms. The van der Waals surface area contributed by atoms with Crippen LogP contribution in [0, 0.1) is 0 Å². The summed E-state index contributed by atoms with van der Waals surface area (Å²) >= 11 is 3.45. The normalized spacial score (nSPS) is 13.5. The Morgan fingerprint density at radius 3 is 2.71 bits per heavy atom. The van der Waals surface area contributed by atoms with Crippen LogP contribution in [0.3, 0.4) is 0 Å². The zero-order valence-electron chi connectivity index (χ0n) is 8.58. The second-order valence-corrected chi connectivity index (χ2v) is 4.17.